The largest absolute Gasteiger partial charge is 0.352 e. The van der Waals surface area contributed by atoms with E-state index in [4.69, 9.17) is 18.9 Å². The molecule has 0 radical (unpaired) electrons. The van der Waals surface area contributed by atoms with Crippen LogP contribution in [0.5, 0.6) is 0 Å². The zero-order valence-electron chi connectivity index (χ0n) is 14.7. The maximum atomic E-state index is 5.79. The minimum Gasteiger partial charge on any atom is -0.352 e. The quantitative estimate of drug-likeness (QED) is 0.332. The maximum absolute atomic E-state index is 5.79. The van der Waals surface area contributed by atoms with E-state index >= 15 is 0 Å². The first kappa shape index (κ1) is 20.8. The van der Waals surface area contributed by atoms with E-state index in [-0.39, 0.29) is 18.5 Å². The molecule has 0 heterocycles. The van der Waals surface area contributed by atoms with Crippen molar-refractivity contribution >= 4 is 0 Å². The molecule has 0 aliphatic carbocycles. The predicted octanol–water partition coefficient (Wildman–Crippen LogP) is 4.37. The lowest BCUT2D eigenvalue weighted by atomic mass is 9.99. The first-order valence-corrected chi connectivity index (χ1v) is 8.71. The van der Waals surface area contributed by atoms with Gasteiger partial charge in [0.05, 0.1) is 5.92 Å². The van der Waals surface area contributed by atoms with Crippen LogP contribution < -0.4 is 0 Å². The molecule has 0 aromatic rings. The second kappa shape index (κ2) is 14.8. The third-order valence-corrected chi connectivity index (χ3v) is 3.41. The summed E-state index contributed by atoms with van der Waals surface area (Å²) in [7, 11) is 0. The van der Waals surface area contributed by atoms with Gasteiger partial charge in [0.2, 0.25) is 0 Å². The second-order valence-corrected chi connectivity index (χ2v) is 5.07. The van der Waals surface area contributed by atoms with Crippen molar-refractivity contribution in [3.8, 4) is 0 Å². The lowest BCUT2D eigenvalue weighted by Crippen LogP contribution is -2.39. The molecule has 0 fully saturated rings. The fourth-order valence-electron chi connectivity index (χ4n) is 2.45. The highest BCUT2D eigenvalue weighted by Gasteiger charge is 2.31. The van der Waals surface area contributed by atoms with Crippen molar-refractivity contribution in [3.63, 3.8) is 0 Å². The van der Waals surface area contributed by atoms with Crippen LogP contribution in [0.1, 0.15) is 66.7 Å². The zero-order valence-corrected chi connectivity index (χ0v) is 14.7. The van der Waals surface area contributed by atoms with E-state index in [9.17, 15) is 0 Å². The number of rotatable bonds is 15. The molecular weight excluding hydrogens is 268 g/mol. The highest BCUT2D eigenvalue weighted by molar-refractivity contribution is 4.69. The molecule has 4 heteroatoms. The lowest BCUT2D eigenvalue weighted by Gasteiger charge is -2.32. The van der Waals surface area contributed by atoms with E-state index < -0.39 is 0 Å². The second-order valence-electron chi connectivity index (χ2n) is 5.07. The average Bonchev–Trinajstić information content (AvgIpc) is 2.47. The Morgan fingerprint density at radius 2 is 1.00 bits per heavy atom. The summed E-state index contributed by atoms with van der Waals surface area (Å²) in [6.45, 7) is 12.8. The monoisotopic (exact) mass is 304 g/mol. The van der Waals surface area contributed by atoms with Gasteiger partial charge in [0, 0.05) is 26.4 Å². The summed E-state index contributed by atoms with van der Waals surface area (Å²) in [6.07, 6.45) is 5.43. The molecule has 0 saturated heterocycles. The van der Waals surface area contributed by atoms with Crippen LogP contribution in [0.15, 0.2) is 0 Å². The highest BCUT2D eigenvalue weighted by Crippen LogP contribution is 2.25. The van der Waals surface area contributed by atoms with Crippen LogP contribution in [0.4, 0.5) is 0 Å². The van der Waals surface area contributed by atoms with E-state index in [0.717, 1.165) is 12.8 Å². The Bertz CT molecular complexity index is 183. The lowest BCUT2D eigenvalue weighted by molar-refractivity contribution is -0.248. The Morgan fingerprint density at radius 3 is 1.33 bits per heavy atom. The van der Waals surface area contributed by atoms with Gasteiger partial charge in [0.25, 0.3) is 0 Å². The molecule has 0 unspecified atom stereocenters. The molecule has 21 heavy (non-hydrogen) atoms. The van der Waals surface area contributed by atoms with Gasteiger partial charge in [-0.3, -0.25) is 0 Å². The summed E-state index contributed by atoms with van der Waals surface area (Å²) in [5.41, 5.74) is 0. The van der Waals surface area contributed by atoms with Crippen molar-refractivity contribution < 1.29 is 18.9 Å². The van der Waals surface area contributed by atoms with Crippen molar-refractivity contribution in [3.05, 3.63) is 0 Å². The van der Waals surface area contributed by atoms with Gasteiger partial charge in [-0.25, -0.2) is 0 Å². The number of hydrogen-bond donors (Lipinski definition) is 0. The summed E-state index contributed by atoms with van der Waals surface area (Å²) in [5.74, 6) is 0.127. The summed E-state index contributed by atoms with van der Waals surface area (Å²) in [5, 5.41) is 0. The van der Waals surface area contributed by atoms with Gasteiger partial charge in [-0.2, -0.15) is 0 Å². The molecule has 128 valence electrons. The maximum Gasteiger partial charge on any atom is 0.165 e. The van der Waals surface area contributed by atoms with Crippen molar-refractivity contribution in [2.24, 2.45) is 5.92 Å². The molecule has 0 aromatic heterocycles. The summed E-state index contributed by atoms with van der Waals surface area (Å²) < 4.78 is 23.2. The fourth-order valence-corrected chi connectivity index (χ4v) is 2.45. The van der Waals surface area contributed by atoms with Gasteiger partial charge in [-0.15, -0.1) is 0 Å². The Labute approximate surface area is 131 Å². The molecule has 0 aromatic carbocycles. The summed E-state index contributed by atoms with van der Waals surface area (Å²) >= 11 is 0. The molecule has 0 aliphatic heterocycles. The minimum atomic E-state index is -0.246. The van der Waals surface area contributed by atoms with Crippen LogP contribution >= 0.6 is 0 Å². The topological polar surface area (TPSA) is 36.9 Å². The van der Waals surface area contributed by atoms with E-state index in [1.165, 1.54) is 19.3 Å². The third kappa shape index (κ3) is 9.46. The van der Waals surface area contributed by atoms with Crippen LogP contribution in [0.25, 0.3) is 0 Å². The normalized spacial score (nSPS) is 12.0. The Kier molecular flexibility index (Phi) is 14.7. The molecule has 4 nitrogen and oxygen atoms in total. The average molecular weight is 304 g/mol. The van der Waals surface area contributed by atoms with Gasteiger partial charge in [-0.05, 0) is 34.1 Å². The van der Waals surface area contributed by atoms with Crippen LogP contribution in [0, 0.1) is 5.92 Å². The van der Waals surface area contributed by atoms with Gasteiger partial charge in [0.1, 0.15) is 0 Å². The molecule has 0 rings (SSSR count). The fraction of sp³-hybridized carbons (Fsp3) is 1.00. The van der Waals surface area contributed by atoms with E-state index in [0.29, 0.717) is 26.4 Å². The van der Waals surface area contributed by atoms with Crippen LogP contribution in [-0.2, 0) is 18.9 Å². The smallest absolute Gasteiger partial charge is 0.165 e. The minimum absolute atomic E-state index is 0.127. The molecule has 0 saturated carbocycles. The SMILES string of the molecule is CCCCCCC(C(OCC)OCC)C(OCC)OCC. The van der Waals surface area contributed by atoms with Crippen molar-refractivity contribution in [1.29, 1.82) is 0 Å². The molecule has 0 amide bonds. The van der Waals surface area contributed by atoms with E-state index in [2.05, 4.69) is 6.92 Å². The van der Waals surface area contributed by atoms with Gasteiger partial charge in [0.15, 0.2) is 12.6 Å². The number of ether oxygens (including phenoxy) is 4. The van der Waals surface area contributed by atoms with E-state index in [1.54, 1.807) is 0 Å². The molecular formula is C17H36O4. The molecule has 0 spiro atoms. The predicted molar refractivity (Wildman–Crippen MR) is 86.3 cm³/mol. The summed E-state index contributed by atoms with van der Waals surface area (Å²) in [6, 6.07) is 0. The van der Waals surface area contributed by atoms with Gasteiger partial charge < -0.3 is 18.9 Å². The highest BCUT2D eigenvalue weighted by atomic mass is 16.7. The van der Waals surface area contributed by atoms with Crippen LogP contribution in [0.3, 0.4) is 0 Å². The summed E-state index contributed by atoms with van der Waals surface area (Å²) in [4.78, 5) is 0. The number of hydrogen-bond acceptors (Lipinski definition) is 4. The Balaban J connectivity index is 4.73. The molecule has 0 aliphatic rings. The Morgan fingerprint density at radius 1 is 0.571 bits per heavy atom. The first-order chi connectivity index (χ1) is 10.2. The van der Waals surface area contributed by atoms with Crippen molar-refractivity contribution in [2.45, 2.75) is 79.3 Å². The van der Waals surface area contributed by atoms with Gasteiger partial charge >= 0.3 is 0 Å². The molecule has 0 atom stereocenters. The van der Waals surface area contributed by atoms with E-state index in [1.807, 2.05) is 27.7 Å². The standard InChI is InChI=1S/C17H36O4/c1-6-11-12-13-14-15(16(18-7-2)19-8-3)17(20-9-4)21-10-5/h15-17H,6-14H2,1-5H3. The number of unbranched alkanes of at least 4 members (excludes halogenated alkanes) is 3. The molecule has 0 bridgehead atoms. The zero-order chi connectivity index (χ0) is 15.9. The molecule has 0 N–H and O–H groups in total. The van der Waals surface area contributed by atoms with Gasteiger partial charge in [-0.1, -0.05) is 32.6 Å². The third-order valence-electron chi connectivity index (χ3n) is 3.41. The van der Waals surface area contributed by atoms with Crippen molar-refractivity contribution in [1.82, 2.24) is 0 Å². The van der Waals surface area contributed by atoms with Crippen LogP contribution in [-0.4, -0.2) is 39.0 Å². The van der Waals surface area contributed by atoms with Crippen LogP contribution in [0.2, 0.25) is 0 Å². The first-order valence-electron chi connectivity index (χ1n) is 8.71. The Hall–Kier alpha value is -0.160. The van der Waals surface area contributed by atoms with Crippen molar-refractivity contribution in [2.75, 3.05) is 26.4 Å².